The van der Waals surface area contributed by atoms with E-state index in [1.54, 1.807) is 12.3 Å². The molecule has 2 heterocycles. The van der Waals surface area contributed by atoms with Crippen molar-refractivity contribution in [2.75, 3.05) is 39.4 Å². The quantitative estimate of drug-likeness (QED) is 0.871. The molecule has 5 heteroatoms. The van der Waals surface area contributed by atoms with Crippen LogP contribution >= 0.6 is 0 Å². The van der Waals surface area contributed by atoms with Crippen molar-refractivity contribution in [1.82, 2.24) is 15.2 Å². The maximum atomic E-state index is 12.1. The molecule has 104 valence electrons. The second-order valence-electron chi connectivity index (χ2n) is 4.78. The van der Waals surface area contributed by atoms with Gasteiger partial charge in [-0.15, -0.1) is 0 Å². The molecule has 1 amide bonds. The van der Waals surface area contributed by atoms with E-state index in [0.717, 1.165) is 49.7 Å². The summed E-state index contributed by atoms with van der Waals surface area (Å²) in [7, 11) is 0. The van der Waals surface area contributed by atoms with Crippen LogP contribution in [-0.4, -0.2) is 55.2 Å². The van der Waals surface area contributed by atoms with Gasteiger partial charge in [-0.05, 0) is 25.5 Å². The number of carbonyl (C=O) groups excluding carboxylic acids is 1. The molecule has 0 radical (unpaired) electrons. The molecule has 1 fully saturated rings. The summed E-state index contributed by atoms with van der Waals surface area (Å²) < 4.78 is 5.29. The Morgan fingerprint density at radius 1 is 1.42 bits per heavy atom. The summed E-state index contributed by atoms with van der Waals surface area (Å²) >= 11 is 0. The Kier molecular flexibility index (Phi) is 4.87. The number of carbonyl (C=O) groups is 1. The van der Waals surface area contributed by atoms with Gasteiger partial charge in [0.05, 0.1) is 13.2 Å². The van der Waals surface area contributed by atoms with Crippen molar-refractivity contribution in [1.29, 1.82) is 0 Å². The molecule has 0 atom stereocenters. The lowest BCUT2D eigenvalue weighted by Gasteiger charge is -2.26. The van der Waals surface area contributed by atoms with E-state index < -0.39 is 0 Å². The second-order valence-corrected chi connectivity index (χ2v) is 4.78. The summed E-state index contributed by atoms with van der Waals surface area (Å²) in [6, 6.07) is 1.77. The number of hydrogen-bond acceptors (Lipinski definition) is 4. The van der Waals surface area contributed by atoms with Crippen molar-refractivity contribution in [2.24, 2.45) is 0 Å². The highest BCUT2D eigenvalue weighted by Gasteiger charge is 2.12. The lowest BCUT2D eigenvalue weighted by atomic mass is 10.1. The fourth-order valence-electron chi connectivity index (χ4n) is 2.13. The van der Waals surface area contributed by atoms with E-state index in [-0.39, 0.29) is 5.91 Å². The molecular formula is C14H21N3O2. The van der Waals surface area contributed by atoms with Gasteiger partial charge < -0.3 is 10.1 Å². The van der Waals surface area contributed by atoms with Crippen LogP contribution in [0.3, 0.4) is 0 Å². The first kappa shape index (κ1) is 14.0. The third kappa shape index (κ3) is 3.75. The van der Waals surface area contributed by atoms with E-state index in [1.807, 2.05) is 13.8 Å². The van der Waals surface area contributed by atoms with Crippen molar-refractivity contribution in [3.05, 3.63) is 29.1 Å². The van der Waals surface area contributed by atoms with Crippen molar-refractivity contribution in [2.45, 2.75) is 13.8 Å². The Morgan fingerprint density at radius 3 is 2.89 bits per heavy atom. The van der Waals surface area contributed by atoms with Crippen LogP contribution in [0.25, 0.3) is 0 Å². The highest BCUT2D eigenvalue weighted by atomic mass is 16.5. The molecule has 0 aromatic carbocycles. The Labute approximate surface area is 114 Å². The van der Waals surface area contributed by atoms with Crippen LogP contribution in [0.15, 0.2) is 12.3 Å². The SMILES string of the molecule is Cc1nccc(C(=O)NCCN2CCOCC2)c1C. The van der Waals surface area contributed by atoms with Gasteiger partial charge in [-0.25, -0.2) is 0 Å². The minimum atomic E-state index is -0.0174. The number of morpholine rings is 1. The van der Waals surface area contributed by atoms with Gasteiger partial charge >= 0.3 is 0 Å². The number of ether oxygens (including phenoxy) is 1. The lowest BCUT2D eigenvalue weighted by Crippen LogP contribution is -2.41. The Balaban J connectivity index is 1.82. The van der Waals surface area contributed by atoms with Crippen molar-refractivity contribution in [3.8, 4) is 0 Å². The maximum Gasteiger partial charge on any atom is 0.251 e. The first-order valence-corrected chi connectivity index (χ1v) is 6.69. The molecule has 5 nitrogen and oxygen atoms in total. The first-order chi connectivity index (χ1) is 9.18. The van der Waals surface area contributed by atoms with E-state index in [0.29, 0.717) is 6.54 Å². The normalized spacial score (nSPS) is 16.3. The Bertz CT molecular complexity index is 442. The third-order valence-corrected chi connectivity index (χ3v) is 3.52. The van der Waals surface area contributed by atoms with E-state index in [9.17, 15) is 4.79 Å². The van der Waals surface area contributed by atoms with Crippen LogP contribution in [0, 0.1) is 13.8 Å². The fourth-order valence-corrected chi connectivity index (χ4v) is 2.13. The van der Waals surface area contributed by atoms with Crippen LogP contribution in [0.4, 0.5) is 0 Å². The van der Waals surface area contributed by atoms with Crippen molar-refractivity contribution >= 4 is 5.91 Å². The molecule has 2 rings (SSSR count). The van der Waals surface area contributed by atoms with Crippen LogP contribution in [0.2, 0.25) is 0 Å². The van der Waals surface area contributed by atoms with Crippen LogP contribution in [0.1, 0.15) is 21.6 Å². The van der Waals surface area contributed by atoms with Gasteiger partial charge in [0.25, 0.3) is 5.91 Å². The molecule has 0 saturated carbocycles. The minimum Gasteiger partial charge on any atom is -0.379 e. The van der Waals surface area contributed by atoms with E-state index in [4.69, 9.17) is 4.74 Å². The van der Waals surface area contributed by atoms with Gasteiger partial charge in [0.15, 0.2) is 0 Å². The first-order valence-electron chi connectivity index (χ1n) is 6.69. The largest absolute Gasteiger partial charge is 0.379 e. The number of aromatic nitrogens is 1. The topological polar surface area (TPSA) is 54.5 Å². The van der Waals surface area contributed by atoms with E-state index in [2.05, 4.69) is 15.2 Å². The fraction of sp³-hybridized carbons (Fsp3) is 0.571. The molecule has 1 aliphatic rings. The molecule has 1 N–H and O–H groups in total. The van der Waals surface area contributed by atoms with E-state index in [1.165, 1.54) is 0 Å². The van der Waals surface area contributed by atoms with Gasteiger partial charge in [0.1, 0.15) is 0 Å². The number of amides is 1. The highest BCUT2D eigenvalue weighted by molar-refractivity contribution is 5.95. The molecule has 1 aromatic heterocycles. The van der Waals surface area contributed by atoms with Gasteiger partial charge in [-0.3, -0.25) is 14.7 Å². The van der Waals surface area contributed by atoms with E-state index >= 15 is 0 Å². The monoisotopic (exact) mass is 263 g/mol. The molecule has 1 aromatic rings. The molecule has 0 unspecified atom stereocenters. The van der Waals surface area contributed by atoms with Gasteiger partial charge in [-0.2, -0.15) is 0 Å². The third-order valence-electron chi connectivity index (χ3n) is 3.52. The lowest BCUT2D eigenvalue weighted by molar-refractivity contribution is 0.0383. The van der Waals surface area contributed by atoms with Crippen molar-refractivity contribution in [3.63, 3.8) is 0 Å². The number of rotatable bonds is 4. The zero-order valence-corrected chi connectivity index (χ0v) is 11.6. The van der Waals surface area contributed by atoms with Gasteiger partial charge in [0.2, 0.25) is 0 Å². The molecule has 1 saturated heterocycles. The summed E-state index contributed by atoms with van der Waals surface area (Å²) in [4.78, 5) is 18.6. The predicted octanol–water partition coefficient (Wildman–Crippen LogP) is 0.760. The summed E-state index contributed by atoms with van der Waals surface area (Å²) in [5.74, 6) is -0.0174. The molecular weight excluding hydrogens is 242 g/mol. The minimum absolute atomic E-state index is 0.0174. The standard InChI is InChI=1S/C14H21N3O2/c1-11-12(2)15-4-3-13(11)14(18)16-5-6-17-7-9-19-10-8-17/h3-4H,5-10H2,1-2H3,(H,16,18). The number of nitrogens with zero attached hydrogens (tertiary/aromatic N) is 2. The molecule has 1 aliphatic heterocycles. The van der Waals surface area contributed by atoms with Crippen LogP contribution in [-0.2, 0) is 4.74 Å². The predicted molar refractivity (Wildman–Crippen MR) is 73.3 cm³/mol. The Morgan fingerprint density at radius 2 is 2.16 bits per heavy atom. The summed E-state index contributed by atoms with van der Waals surface area (Å²) in [5, 5.41) is 2.97. The molecule has 0 bridgehead atoms. The number of nitrogens with one attached hydrogen (secondary N) is 1. The van der Waals surface area contributed by atoms with Crippen LogP contribution in [0.5, 0.6) is 0 Å². The summed E-state index contributed by atoms with van der Waals surface area (Å²) in [6.45, 7) is 8.86. The van der Waals surface area contributed by atoms with Crippen LogP contribution < -0.4 is 5.32 Å². The maximum absolute atomic E-state index is 12.1. The highest BCUT2D eigenvalue weighted by Crippen LogP contribution is 2.09. The summed E-state index contributed by atoms with van der Waals surface area (Å²) in [5.41, 5.74) is 2.57. The number of aryl methyl sites for hydroxylation is 1. The average molecular weight is 263 g/mol. The van der Waals surface area contributed by atoms with Crippen molar-refractivity contribution < 1.29 is 9.53 Å². The smallest absolute Gasteiger partial charge is 0.251 e. The number of pyridine rings is 1. The average Bonchev–Trinajstić information content (AvgIpc) is 2.43. The van der Waals surface area contributed by atoms with Gasteiger partial charge in [0, 0.05) is 43.6 Å². The van der Waals surface area contributed by atoms with Gasteiger partial charge in [-0.1, -0.05) is 0 Å². The zero-order chi connectivity index (χ0) is 13.7. The number of hydrogen-bond donors (Lipinski definition) is 1. The molecule has 19 heavy (non-hydrogen) atoms. The summed E-state index contributed by atoms with van der Waals surface area (Å²) in [6.07, 6.45) is 1.68. The second kappa shape index (κ2) is 6.63. The Hall–Kier alpha value is -1.46. The molecule has 0 spiro atoms. The zero-order valence-electron chi connectivity index (χ0n) is 11.6. The molecule has 0 aliphatic carbocycles.